The first-order chi connectivity index (χ1) is 15.5. The zero-order chi connectivity index (χ0) is 22.7. The first-order valence-corrected chi connectivity index (χ1v) is 10.9. The lowest BCUT2D eigenvalue weighted by Gasteiger charge is -2.19. The van der Waals surface area contributed by atoms with Crippen LogP contribution >= 0.6 is 11.3 Å². The number of methoxy groups -OCH3 is 3. The summed E-state index contributed by atoms with van der Waals surface area (Å²) in [5, 5.41) is 0. The number of nitrogens with zero attached hydrogens (tertiary/aromatic N) is 2. The van der Waals surface area contributed by atoms with E-state index in [1.165, 1.54) is 11.3 Å². The number of fused-ring (bicyclic) bond motifs is 1. The maximum absolute atomic E-state index is 12.7. The highest BCUT2D eigenvalue weighted by molar-refractivity contribution is 7.22. The number of nitrogens with one attached hydrogen (secondary N) is 1. The summed E-state index contributed by atoms with van der Waals surface area (Å²) >= 11 is 1.44. The third-order valence-corrected chi connectivity index (χ3v) is 6.32. The lowest BCUT2D eigenvalue weighted by atomic mass is 10.1. The van der Waals surface area contributed by atoms with Crippen LogP contribution in [0.3, 0.4) is 0 Å². The number of hydrogen-bond donors (Lipinski definition) is 1. The van der Waals surface area contributed by atoms with Gasteiger partial charge in [-0.2, -0.15) is 0 Å². The van der Waals surface area contributed by atoms with E-state index in [4.69, 9.17) is 19.2 Å². The molecule has 0 bridgehead atoms. The summed E-state index contributed by atoms with van der Waals surface area (Å²) in [7, 11) is 6.86. The van der Waals surface area contributed by atoms with E-state index < -0.39 is 0 Å². The quantitative estimate of drug-likeness (QED) is 0.430. The van der Waals surface area contributed by atoms with Crippen LogP contribution in [0.4, 0.5) is 0 Å². The largest absolute Gasteiger partial charge is 0.497 e. The normalized spacial score (nSPS) is 11.2. The number of thiophene rings is 1. The van der Waals surface area contributed by atoms with E-state index in [1.54, 1.807) is 21.3 Å². The van der Waals surface area contributed by atoms with Gasteiger partial charge < -0.3 is 19.2 Å². The zero-order valence-corrected chi connectivity index (χ0v) is 19.3. The molecule has 0 fully saturated rings. The molecule has 7 nitrogen and oxygen atoms in total. The predicted octanol–water partition coefficient (Wildman–Crippen LogP) is 4.31. The Kier molecular flexibility index (Phi) is 6.43. The van der Waals surface area contributed by atoms with Crippen LogP contribution in [0.5, 0.6) is 17.2 Å². The van der Waals surface area contributed by atoms with Crippen LogP contribution in [0.15, 0.2) is 53.3 Å². The maximum Gasteiger partial charge on any atom is 0.268 e. The number of aromatic amines is 1. The standard InChI is InChI=1S/C24H25N3O4S/c1-27(13-16-6-5-7-19(30-3)22(16)31-4)14-21-25-18-12-20(32-23(18)24(28)26-21)15-8-10-17(29-2)11-9-15/h5-12H,13-14H2,1-4H3,(H,25,26,28). The van der Waals surface area contributed by atoms with Gasteiger partial charge in [0.15, 0.2) is 11.5 Å². The lowest BCUT2D eigenvalue weighted by Crippen LogP contribution is -2.21. The highest BCUT2D eigenvalue weighted by Gasteiger charge is 2.14. The fraction of sp³-hybridized carbons (Fsp3) is 0.250. The Morgan fingerprint density at radius 2 is 1.78 bits per heavy atom. The van der Waals surface area contributed by atoms with Crippen molar-refractivity contribution in [2.24, 2.45) is 0 Å². The summed E-state index contributed by atoms with van der Waals surface area (Å²) in [4.78, 5) is 23.4. The molecule has 0 radical (unpaired) electrons. The van der Waals surface area contributed by atoms with Gasteiger partial charge in [0.2, 0.25) is 0 Å². The van der Waals surface area contributed by atoms with E-state index in [2.05, 4.69) is 9.88 Å². The van der Waals surface area contributed by atoms with Crippen LogP contribution in [0.25, 0.3) is 20.7 Å². The van der Waals surface area contributed by atoms with Gasteiger partial charge >= 0.3 is 0 Å². The van der Waals surface area contributed by atoms with Gasteiger partial charge in [-0.15, -0.1) is 11.3 Å². The van der Waals surface area contributed by atoms with Crippen molar-refractivity contribution >= 4 is 21.6 Å². The van der Waals surface area contributed by atoms with Crippen molar-refractivity contribution in [3.05, 3.63) is 70.3 Å². The lowest BCUT2D eigenvalue weighted by molar-refractivity contribution is 0.297. The van der Waals surface area contributed by atoms with Crippen molar-refractivity contribution in [3.63, 3.8) is 0 Å². The molecule has 2 aromatic carbocycles. The summed E-state index contributed by atoms with van der Waals surface area (Å²) in [6.45, 7) is 1.10. The van der Waals surface area contributed by atoms with Crippen molar-refractivity contribution in [3.8, 4) is 27.7 Å². The molecule has 0 amide bonds. The summed E-state index contributed by atoms with van der Waals surface area (Å²) in [5.74, 6) is 2.81. The predicted molar refractivity (Wildman–Crippen MR) is 127 cm³/mol. The number of aromatic nitrogens is 2. The molecule has 32 heavy (non-hydrogen) atoms. The topological polar surface area (TPSA) is 76.7 Å². The minimum atomic E-state index is -0.123. The number of ether oxygens (including phenoxy) is 3. The van der Waals surface area contributed by atoms with Crippen LogP contribution in [0, 0.1) is 0 Å². The molecule has 0 aliphatic carbocycles. The maximum atomic E-state index is 12.7. The van der Waals surface area contributed by atoms with Gasteiger partial charge in [0, 0.05) is 17.0 Å². The highest BCUT2D eigenvalue weighted by Crippen LogP contribution is 2.33. The smallest absolute Gasteiger partial charge is 0.268 e. The highest BCUT2D eigenvalue weighted by atomic mass is 32.1. The molecule has 166 valence electrons. The second-order valence-corrected chi connectivity index (χ2v) is 8.44. The fourth-order valence-corrected chi connectivity index (χ4v) is 4.64. The molecular weight excluding hydrogens is 426 g/mol. The van der Waals surface area contributed by atoms with E-state index in [0.29, 0.717) is 40.6 Å². The summed E-state index contributed by atoms with van der Waals surface area (Å²) < 4.78 is 16.8. The summed E-state index contributed by atoms with van der Waals surface area (Å²) in [6.07, 6.45) is 0. The van der Waals surface area contributed by atoms with Crippen LogP contribution in [-0.4, -0.2) is 43.2 Å². The molecule has 0 aliphatic rings. The van der Waals surface area contributed by atoms with E-state index >= 15 is 0 Å². The van der Waals surface area contributed by atoms with Crippen molar-refractivity contribution in [2.45, 2.75) is 13.1 Å². The van der Waals surface area contributed by atoms with Gasteiger partial charge in [-0.05, 0) is 49.0 Å². The Morgan fingerprint density at radius 3 is 2.47 bits per heavy atom. The molecule has 0 unspecified atom stereocenters. The second-order valence-electron chi connectivity index (χ2n) is 7.39. The molecule has 0 spiro atoms. The van der Waals surface area contributed by atoms with Crippen LogP contribution in [0.1, 0.15) is 11.4 Å². The molecule has 1 N–H and O–H groups in total. The van der Waals surface area contributed by atoms with Crippen molar-refractivity contribution < 1.29 is 14.2 Å². The van der Waals surface area contributed by atoms with E-state index in [0.717, 1.165) is 21.8 Å². The van der Waals surface area contributed by atoms with E-state index in [-0.39, 0.29) is 5.56 Å². The molecule has 4 aromatic rings. The average Bonchev–Trinajstić information content (AvgIpc) is 3.23. The van der Waals surface area contributed by atoms with Gasteiger partial charge in [0.25, 0.3) is 5.56 Å². The first kappa shape index (κ1) is 21.9. The van der Waals surface area contributed by atoms with E-state index in [9.17, 15) is 4.79 Å². The number of rotatable bonds is 8. The molecule has 0 saturated carbocycles. The number of benzene rings is 2. The minimum Gasteiger partial charge on any atom is -0.497 e. The third kappa shape index (κ3) is 4.46. The molecule has 8 heteroatoms. The zero-order valence-electron chi connectivity index (χ0n) is 18.5. The molecular formula is C24H25N3O4S. The monoisotopic (exact) mass is 451 g/mol. The van der Waals surface area contributed by atoms with Crippen LogP contribution < -0.4 is 19.8 Å². The molecule has 4 rings (SSSR count). The number of H-pyrrole nitrogens is 1. The summed E-state index contributed by atoms with van der Waals surface area (Å²) in [6, 6.07) is 15.5. The van der Waals surface area contributed by atoms with Crippen molar-refractivity contribution in [1.82, 2.24) is 14.9 Å². The Hall–Kier alpha value is -3.36. The van der Waals surface area contributed by atoms with Crippen LogP contribution in [0.2, 0.25) is 0 Å². The van der Waals surface area contributed by atoms with Gasteiger partial charge in [0.1, 0.15) is 16.3 Å². The molecule has 2 aromatic heterocycles. The second kappa shape index (κ2) is 9.42. The Morgan fingerprint density at radius 1 is 1.00 bits per heavy atom. The Labute approximate surface area is 190 Å². The Balaban J connectivity index is 1.56. The van der Waals surface area contributed by atoms with Crippen LogP contribution in [-0.2, 0) is 13.1 Å². The van der Waals surface area contributed by atoms with E-state index in [1.807, 2.05) is 55.6 Å². The first-order valence-electron chi connectivity index (χ1n) is 10.1. The van der Waals surface area contributed by atoms with Gasteiger partial charge in [-0.3, -0.25) is 9.69 Å². The molecule has 2 heterocycles. The van der Waals surface area contributed by atoms with Crippen molar-refractivity contribution in [1.29, 1.82) is 0 Å². The van der Waals surface area contributed by atoms with Gasteiger partial charge in [-0.25, -0.2) is 4.98 Å². The van der Waals surface area contributed by atoms with Crippen molar-refractivity contribution in [2.75, 3.05) is 28.4 Å². The molecule has 0 atom stereocenters. The third-order valence-electron chi connectivity index (χ3n) is 5.15. The number of para-hydroxylation sites is 1. The fourth-order valence-electron chi connectivity index (χ4n) is 3.64. The van der Waals surface area contributed by atoms with Gasteiger partial charge in [-0.1, -0.05) is 12.1 Å². The molecule has 0 saturated heterocycles. The Bertz CT molecular complexity index is 1280. The molecule has 0 aliphatic heterocycles. The average molecular weight is 452 g/mol. The SMILES string of the molecule is COc1ccc(-c2cc3nc(CN(C)Cc4cccc(OC)c4OC)[nH]c(=O)c3s2)cc1. The van der Waals surface area contributed by atoms with Gasteiger partial charge in [0.05, 0.1) is 33.4 Å². The minimum absolute atomic E-state index is 0.123. The number of hydrogen-bond acceptors (Lipinski definition) is 7. The summed E-state index contributed by atoms with van der Waals surface area (Å²) in [5.41, 5.74) is 2.60.